The van der Waals surface area contributed by atoms with Gasteiger partial charge in [0.05, 0.1) is 0 Å². The predicted molar refractivity (Wildman–Crippen MR) is 140 cm³/mol. The number of rotatable bonds is 12. The Morgan fingerprint density at radius 3 is 1.42 bits per heavy atom. The molecule has 0 bridgehead atoms. The smallest absolute Gasteiger partial charge is 0.145 e. The lowest BCUT2D eigenvalue weighted by Gasteiger charge is -1.96. The van der Waals surface area contributed by atoms with E-state index in [1.807, 2.05) is 37.3 Å². The zero-order chi connectivity index (χ0) is 23.5. The summed E-state index contributed by atoms with van der Waals surface area (Å²) in [4.78, 5) is 10.5. The van der Waals surface area contributed by atoms with Crippen LogP contribution in [-0.4, -0.2) is 6.29 Å². The minimum absolute atomic E-state index is 0.714. The molecule has 0 spiro atoms. The first-order valence-electron chi connectivity index (χ1n) is 10.9. The van der Waals surface area contributed by atoms with Crippen LogP contribution in [0.3, 0.4) is 0 Å². The van der Waals surface area contributed by atoms with E-state index >= 15 is 0 Å². The first kappa shape index (κ1) is 28.1. The van der Waals surface area contributed by atoms with Crippen molar-refractivity contribution in [3.8, 4) is 0 Å². The van der Waals surface area contributed by atoms with Crippen LogP contribution >= 0.6 is 0 Å². The number of carbonyl (C=O) groups excluding carboxylic acids is 1. The van der Waals surface area contributed by atoms with E-state index < -0.39 is 0 Å². The number of hydrogen-bond acceptors (Lipinski definition) is 1. The Hall–Kier alpha value is -2.93. The highest BCUT2D eigenvalue weighted by atomic mass is 16.1. The first-order valence-corrected chi connectivity index (χ1v) is 10.9. The molecule has 0 atom stereocenters. The van der Waals surface area contributed by atoms with Crippen LogP contribution in [-0.2, 0) is 4.79 Å². The molecule has 166 valence electrons. The van der Waals surface area contributed by atoms with E-state index in [0.29, 0.717) is 5.57 Å². The monoisotopic (exact) mass is 416 g/mol. The number of hydrogen-bond donors (Lipinski definition) is 0. The minimum atomic E-state index is 0.714. The second kappa shape index (κ2) is 17.9. The summed E-state index contributed by atoms with van der Waals surface area (Å²) in [6, 6.07) is 0. The molecule has 0 aliphatic rings. The molecule has 0 aromatic carbocycles. The van der Waals surface area contributed by atoms with Crippen LogP contribution in [0.25, 0.3) is 0 Å². The molecule has 1 nitrogen and oxygen atoms in total. The molecule has 0 aromatic heterocycles. The van der Waals surface area contributed by atoms with E-state index in [4.69, 9.17) is 0 Å². The standard InChI is InChI=1S/C30H40O/c1-25(2)14-10-17-28(5)19-12-21-29(6)20-11-18-26(3)15-8-9-16-27(4)22-13-23-30(7)24-31/h8-9,11-16,18-24H,10,17H2,1-7H3/b9-8+,18-11+,21-12+,22-13+,26-15-,27-16-,28-19-,29-20-,30-23-. The van der Waals surface area contributed by atoms with Gasteiger partial charge < -0.3 is 0 Å². The molecule has 0 aliphatic carbocycles. The molecule has 0 saturated heterocycles. The third-order valence-corrected chi connectivity index (χ3v) is 4.28. The lowest BCUT2D eigenvalue weighted by Crippen LogP contribution is -1.76. The van der Waals surface area contributed by atoms with Crippen LogP contribution in [0.1, 0.15) is 61.3 Å². The molecule has 0 radical (unpaired) electrons. The predicted octanol–water partition coefficient (Wildman–Crippen LogP) is 8.89. The SMILES string of the molecule is CC(C)=CCC\C(C)=C/C=C/C(C)=C\C=C\C(C)=C/C=C/C=C(C)\C=C\C=C(\C)C=O. The second-order valence-electron chi connectivity index (χ2n) is 8.06. The Morgan fingerprint density at radius 2 is 0.968 bits per heavy atom. The van der Waals surface area contributed by atoms with Gasteiger partial charge in [-0.2, -0.15) is 0 Å². The van der Waals surface area contributed by atoms with Crippen LogP contribution in [0.5, 0.6) is 0 Å². The van der Waals surface area contributed by atoms with E-state index in [1.165, 1.54) is 22.3 Å². The van der Waals surface area contributed by atoms with E-state index in [1.54, 1.807) is 13.0 Å². The number of allylic oxidation sites excluding steroid dienone is 20. The molecule has 0 rings (SSSR count). The molecular formula is C30H40O. The van der Waals surface area contributed by atoms with Crippen molar-refractivity contribution in [1.29, 1.82) is 0 Å². The van der Waals surface area contributed by atoms with Gasteiger partial charge in [0, 0.05) is 0 Å². The van der Waals surface area contributed by atoms with Crippen molar-refractivity contribution < 1.29 is 4.79 Å². The molecule has 0 unspecified atom stereocenters. The van der Waals surface area contributed by atoms with E-state index in [9.17, 15) is 4.79 Å². The van der Waals surface area contributed by atoms with Crippen LogP contribution in [0, 0.1) is 0 Å². The molecule has 0 fully saturated rings. The van der Waals surface area contributed by atoms with Crippen LogP contribution < -0.4 is 0 Å². The third-order valence-electron chi connectivity index (χ3n) is 4.28. The van der Waals surface area contributed by atoms with Crippen molar-refractivity contribution in [2.24, 2.45) is 0 Å². The van der Waals surface area contributed by atoms with Gasteiger partial charge in [0.2, 0.25) is 0 Å². The van der Waals surface area contributed by atoms with E-state index in [0.717, 1.165) is 24.7 Å². The highest BCUT2D eigenvalue weighted by molar-refractivity contribution is 5.72. The average molecular weight is 417 g/mol. The highest BCUT2D eigenvalue weighted by Gasteiger charge is 1.87. The van der Waals surface area contributed by atoms with Gasteiger partial charge in [-0.1, -0.05) is 113 Å². The fraction of sp³-hybridized carbons (Fsp3) is 0.300. The van der Waals surface area contributed by atoms with Crippen molar-refractivity contribution in [3.05, 3.63) is 119 Å². The quantitative estimate of drug-likeness (QED) is 0.134. The van der Waals surface area contributed by atoms with Crippen molar-refractivity contribution in [2.45, 2.75) is 61.3 Å². The van der Waals surface area contributed by atoms with E-state index in [-0.39, 0.29) is 0 Å². The third kappa shape index (κ3) is 18.8. The summed E-state index contributed by atoms with van der Waals surface area (Å²) in [7, 11) is 0. The Balaban J connectivity index is 4.62. The Kier molecular flexibility index (Phi) is 16.2. The topological polar surface area (TPSA) is 17.1 Å². The molecule has 1 heteroatoms. The fourth-order valence-electron chi connectivity index (χ4n) is 2.36. The largest absolute Gasteiger partial charge is 0.298 e. The van der Waals surface area contributed by atoms with Crippen molar-refractivity contribution in [3.63, 3.8) is 0 Å². The molecular weight excluding hydrogens is 376 g/mol. The average Bonchev–Trinajstić information content (AvgIpc) is 2.70. The van der Waals surface area contributed by atoms with Crippen LogP contribution in [0.2, 0.25) is 0 Å². The maximum atomic E-state index is 10.5. The maximum absolute atomic E-state index is 10.5. The molecule has 0 aliphatic heterocycles. The summed E-state index contributed by atoms with van der Waals surface area (Å²) < 4.78 is 0. The lowest BCUT2D eigenvalue weighted by molar-refractivity contribution is -0.104. The maximum Gasteiger partial charge on any atom is 0.145 e. The highest BCUT2D eigenvalue weighted by Crippen LogP contribution is 2.07. The molecule has 31 heavy (non-hydrogen) atoms. The first-order chi connectivity index (χ1) is 14.7. The fourth-order valence-corrected chi connectivity index (χ4v) is 2.36. The van der Waals surface area contributed by atoms with Crippen LogP contribution in [0.4, 0.5) is 0 Å². The van der Waals surface area contributed by atoms with Gasteiger partial charge in [0.15, 0.2) is 0 Å². The van der Waals surface area contributed by atoms with Gasteiger partial charge in [-0.3, -0.25) is 4.79 Å². The van der Waals surface area contributed by atoms with Crippen LogP contribution in [0.15, 0.2) is 119 Å². The van der Waals surface area contributed by atoms with Gasteiger partial charge in [-0.25, -0.2) is 0 Å². The Labute approximate surface area is 191 Å². The van der Waals surface area contributed by atoms with Crippen molar-refractivity contribution >= 4 is 6.29 Å². The minimum Gasteiger partial charge on any atom is -0.298 e. The van der Waals surface area contributed by atoms with Gasteiger partial charge in [0.25, 0.3) is 0 Å². The molecule has 0 saturated carbocycles. The summed E-state index contributed by atoms with van der Waals surface area (Å²) in [5.74, 6) is 0. The zero-order valence-corrected chi connectivity index (χ0v) is 20.5. The molecule has 0 heterocycles. The summed E-state index contributed by atoms with van der Waals surface area (Å²) in [5.41, 5.74) is 7.02. The molecule has 0 amide bonds. The van der Waals surface area contributed by atoms with Crippen molar-refractivity contribution in [1.82, 2.24) is 0 Å². The van der Waals surface area contributed by atoms with Gasteiger partial charge in [-0.05, 0) is 66.9 Å². The lowest BCUT2D eigenvalue weighted by atomic mass is 10.1. The van der Waals surface area contributed by atoms with Gasteiger partial charge >= 0.3 is 0 Å². The summed E-state index contributed by atoms with van der Waals surface area (Å²) in [6.07, 6.45) is 32.0. The number of carbonyl (C=O) groups is 1. The van der Waals surface area contributed by atoms with E-state index in [2.05, 4.69) is 83.2 Å². The second-order valence-corrected chi connectivity index (χ2v) is 8.06. The normalized spacial score (nSPS) is 15.1. The summed E-state index contributed by atoms with van der Waals surface area (Å²) in [6.45, 7) is 14.5. The van der Waals surface area contributed by atoms with Gasteiger partial charge in [0.1, 0.15) is 6.29 Å². The zero-order valence-electron chi connectivity index (χ0n) is 20.5. The molecule has 0 N–H and O–H groups in total. The summed E-state index contributed by atoms with van der Waals surface area (Å²) >= 11 is 0. The van der Waals surface area contributed by atoms with Gasteiger partial charge in [-0.15, -0.1) is 0 Å². The Morgan fingerprint density at radius 1 is 0.548 bits per heavy atom. The molecule has 0 aromatic rings. The van der Waals surface area contributed by atoms with Crippen molar-refractivity contribution in [2.75, 3.05) is 0 Å². The number of aldehydes is 1. The summed E-state index contributed by atoms with van der Waals surface area (Å²) in [5, 5.41) is 0. The Bertz CT molecular complexity index is 852.